The van der Waals surface area contributed by atoms with E-state index in [9.17, 15) is 4.79 Å². The number of amides is 1. The van der Waals surface area contributed by atoms with Crippen LogP contribution < -0.4 is 5.32 Å². The summed E-state index contributed by atoms with van der Waals surface area (Å²) in [6.07, 6.45) is 2.37. The molecule has 0 atom stereocenters. The minimum absolute atomic E-state index is 0.140. The third-order valence-electron chi connectivity index (χ3n) is 1.80. The highest BCUT2D eigenvalue weighted by molar-refractivity contribution is 7.09. The number of hydrogen-bond donors (Lipinski definition) is 1. The Bertz CT molecular complexity index is 296. The Kier molecular flexibility index (Phi) is 4.59. The van der Waals surface area contributed by atoms with Gasteiger partial charge in [-0.3, -0.25) is 4.79 Å². The molecule has 78 valence electrons. The summed E-state index contributed by atoms with van der Waals surface area (Å²) < 4.78 is 0. The maximum Gasteiger partial charge on any atom is 0.219 e. The normalized spacial score (nSPS) is 10.1. The van der Waals surface area contributed by atoms with Crippen LogP contribution >= 0.6 is 11.3 Å². The number of thiazole rings is 1. The lowest BCUT2D eigenvalue weighted by Crippen LogP contribution is -2.25. The molecule has 14 heavy (non-hydrogen) atoms. The van der Waals surface area contributed by atoms with E-state index in [1.807, 2.05) is 19.2 Å². The monoisotopic (exact) mass is 212 g/mol. The van der Waals surface area contributed by atoms with Crippen molar-refractivity contribution in [2.24, 2.45) is 0 Å². The zero-order chi connectivity index (χ0) is 10.4. The number of nitrogens with zero attached hydrogens (tertiary/aromatic N) is 1. The summed E-state index contributed by atoms with van der Waals surface area (Å²) >= 11 is 1.65. The number of nitrogens with one attached hydrogen (secondary N) is 1. The third kappa shape index (κ3) is 3.87. The van der Waals surface area contributed by atoms with E-state index in [0.717, 1.165) is 23.5 Å². The molecule has 0 aliphatic heterocycles. The van der Waals surface area contributed by atoms with Gasteiger partial charge >= 0.3 is 0 Å². The van der Waals surface area contributed by atoms with Gasteiger partial charge in [-0.15, -0.1) is 11.3 Å². The molecule has 1 amide bonds. The largest absolute Gasteiger partial charge is 0.356 e. The van der Waals surface area contributed by atoms with Gasteiger partial charge in [0, 0.05) is 30.5 Å². The molecule has 1 aromatic rings. The van der Waals surface area contributed by atoms with Crippen LogP contribution in [0.4, 0.5) is 0 Å². The summed E-state index contributed by atoms with van der Waals surface area (Å²) in [5.74, 6) is 0.140. The number of aryl methyl sites for hydroxylation is 1. The molecule has 0 aromatic carbocycles. The second-order valence-corrected chi connectivity index (χ2v) is 4.18. The number of rotatable bonds is 5. The molecule has 0 spiro atoms. The zero-order valence-corrected chi connectivity index (χ0v) is 9.49. The van der Waals surface area contributed by atoms with Crippen molar-refractivity contribution in [2.75, 3.05) is 6.54 Å². The smallest absolute Gasteiger partial charge is 0.219 e. The molecule has 0 aliphatic rings. The number of carbonyl (C=O) groups excluding carboxylic acids is 1. The molecule has 0 unspecified atom stereocenters. The van der Waals surface area contributed by atoms with Gasteiger partial charge in [0.25, 0.3) is 0 Å². The van der Waals surface area contributed by atoms with Gasteiger partial charge < -0.3 is 5.32 Å². The van der Waals surface area contributed by atoms with Crippen molar-refractivity contribution >= 4 is 17.2 Å². The Hall–Kier alpha value is -0.900. The summed E-state index contributed by atoms with van der Waals surface area (Å²) in [4.78, 5) is 15.4. The lowest BCUT2D eigenvalue weighted by molar-refractivity contribution is -0.121. The molecule has 0 fully saturated rings. The predicted octanol–water partition coefficient (Wildman–Crippen LogP) is 1.91. The van der Waals surface area contributed by atoms with Crippen LogP contribution in [0.15, 0.2) is 5.38 Å². The predicted molar refractivity (Wildman–Crippen MR) is 58.5 cm³/mol. The number of aromatic nitrogens is 1. The SMILES string of the molecule is CCCC(=O)NCCc1nc(C)cs1. The standard InChI is InChI=1S/C10H16N2OS/c1-3-4-9(13)11-6-5-10-12-8(2)7-14-10/h7H,3-6H2,1-2H3,(H,11,13). The molecule has 1 N–H and O–H groups in total. The van der Waals surface area contributed by atoms with Gasteiger partial charge in [0.15, 0.2) is 0 Å². The van der Waals surface area contributed by atoms with Crippen molar-refractivity contribution in [3.63, 3.8) is 0 Å². The van der Waals surface area contributed by atoms with Crippen LogP contribution in [0.1, 0.15) is 30.5 Å². The summed E-state index contributed by atoms with van der Waals surface area (Å²) in [6, 6.07) is 0. The first-order chi connectivity index (χ1) is 6.72. The maximum atomic E-state index is 11.1. The van der Waals surface area contributed by atoms with Gasteiger partial charge in [-0.25, -0.2) is 4.98 Å². The van der Waals surface area contributed by atoms with Crippen LogP contribution in [0.25, 0.3) is 0 Å². The average molecular weight is 212 g/mol. The Balaban J connectivity index is 2.18. The lowest BCUT2D eigenvalue weighted by Gasteiger charge is -2.01. The highest BCUT2D eigenvalue weighted by atomic mass is 32.1. The van der Waals surface area contributed by atoms with E-state index in [-0.39, 0.29) is 5.91 Å². The van der Waals surface area contributed by atoms with Crippen molar-refractivity contribution in [1.82, 2.24) is 10.3 Å². The van der Waals surface area contributed by atoms with Crippen molar-refractivity contribution in [2.45, 2.75) is 33.1 Å². The van der Waals surface area contributed by atoms with Gasteiger partial charge in [-0.1, -0.05) is 6.92 Å². The van der Waals surface area contributed by atoms with Crippen LogP contribution in [0.3, 0.4) is 0 Å². The summed E-state index contributed by atoms with van der Waals surface area (Å²) in [6.45, 7) is 4.69. The van der Waals surface area contributed by atoms with Gasteiger partial charge in [-0.2, -0.15) is 0 Å². The molecule has 1 heterocycles. The second-order valence-electron chi connectivity index (χ2n) is 3.23. The molecule has 1 aromatic heterocycles. The molecule has 0 radical (unpaired) electrons. The molecular weight excluding hydrogens is 196 g/mol. The minimum Gasteiger partial charge on any atom is -0.356 e. The van der Waals surface area contributed by atoms with Crippen molar-refractivity contribution < 1.29 is 4.79 Å². The molecule has 0 saturated heterocycles. The third-order valence-corrected chi connectivity index (χ3v) is 2.83. The number of hydrogen-bond acceptors (Lipinski definition) is 3. The Morgan fingerprint density at radius 1 is 1.64 bits per heavy atom. The highest BCUT2D eigenvalue weighted by Gasteiger charge is 2.00. The molecule has 4 heteroatoms. The van der Waals surface area contributed by atoms with Crippen molar-refractivity contribution in [1.29, 1.82) is 0 Å². The first kappa shape index (κ1) is 11.2. The van der Waals surface area contributed by atoms with E-state index < -0.39 is 0 Å². The van der Waals surface area contributed by atoms with Crippen molar-refractivity contribution in [3.8, 4) is 0 Å². The maximum absolute atomic E-state index is 11.1. The molecule has 0 bridgehead atoms. The van der Waals surface area contributed by atoms with E-state index in [1.54, 1.807) is 11.3 Å². The summed E-state index contributed by atoms with van der Waals surface area (Å²) in [5, 5.41) is 6.00. The van der Waals surface area contributed by atoms with E-state index in [4.69, 9.17) is 0 Å². The summed E-state index contributed by atoms with van der Waals surface area (Å²) in [7, 11) is 0. The van der Waals surface area contributed by atoms with E-state index in [2.05, 4.69) is 10.3 Å². The molecular formula is C10H16N2OS. The Morgan fingerprint density at radius 2 is 2.43 bits per heavy atom. The van der Waals surface area contributed by atoms with E-state index in [1.165, 1.54) is 0 Å². The minimum atomic E-state index is 0.140. The van der Waals surface area contributed by atoms with Crippen LogP contribution in [-0.4, -0.2) is 17.4 Å². The van der Waals surface area contributed by atoms with Gasteiger partial charge in [-0.05, 0) is 13.3 Å². The highest BCUT2D eigenvalue weighted by Crippen LogP contribution is 2.08. The fourth-order valence-electron chi connectivity index (χ4n) is 1.14. The first-order valence-corrected chi connectivity index (χ1v) is 5.78. The Labute approximate surface area is 88.6 Å². The zero-order valence-electron chi connectivity index (χ0n) is 8.67. The lowest BCUT2D eigenvalue weighted by atomic mass is 10.3. The van der Waals surface area contributed by atoms with Gasteiger partial charge in [0.2, 0.25) is 5.91 Å². The van der Waals surface area contributed by atoms with Crippen LogP contribution in [0.2, 0.25) is 0 Å². The fraction of sp³-hybridized carbons (Fsp3) is 0.600. The first-order valence-electron chi connectivity index (χ1n) is 4.90. The average Bonchev–Trinajstić information content (AvgIpc) is 2.52. The summed E-state index contributed by atoms with van der Waals surface area (Å²) in [5.41, 5.74) is 1.06. The van der Waals surface area contributed by atoms with Gasteiger partial charge in [0.1, 0.15) is 0 Å². The fourth-order valence-corrected chi connectivity index (χ4v) is 1.92. The number of carbonyl (C=O) groups is 1. The Morgan fingerprint density at radius 3 is 3.00 bits per heavy atom. The molecule has 0 aliphatic carbocycles. The topological polar surface area (TPSA) is 42.0 Å². The van der Waals surface area contributed by atoms with E-state index >= 15 is 0 Å². The van der Waals surface area contributed by atoms with Crippen LogP contribution in [0, 0.1) is 6.92 Å². The van der Waals surface area contributed by atoms with E-state index in [0.29, 0.717) is 13.0 Å². The molecule has 3 nitrogen and oxygen atoms in total. The van der Waals surface area contributed by atoms with Crippen molar-refractivity contribution in [3.05, 3.63) is 16.1 Å². The molecule has 0 saturated carbocycles. The molecule has 1 rings (SSSR count). The van der Waals surface area contributed by atoms with Gasteiger partial charge in [0.05, 0.1) is 5.01 Å². The second kappa shape index (κ2) is 5.75. The van der Waals surface area contributed by atoms with Crippen LogP contribution in [0.5, 0.6) is 0 Å². The van der Waals surface area contributed by atoms with Crippen LogP contribution in [-0.2, 0) is 11.2 Å². The quantitative estimate of drug-likeness (QED) is 0.810.